The Morgan fingerprint density at radius 2 is 2.11 bits per heavy atom. The SMILES string of the molecule is CCC(C)(CN)C(=O)NCCCN1CCOCC1. The number of hydrogen-bond donors (Lipinski definition) is 2. The topological polar surface area (TPSA) is 67.6 Å². The van der Waals surface area contributed by atoms with Crippen molar-refractivity contribution in [2.75, 3.05) is 45.9 Å². The normalized spacial score (nSPS) is 20.4. The summed E-state index contributed by atoms with van der Waals surface area (Å²) in [5, 5.41) is 2.99. The van der Waals surface area contributed by atoms with Crippen LogP contribution in [-0.4, -0.2) is 56.7 Å². The number of hydrogen-bond acceptors (Lipinski definition) is 4. The van der Waals surface area contributed by atoms with Gasteiger partial charge in [-0.2, -0.15) is 0 Å². The average molecular weight is 257 g/mol. The lowest BCUT2D eigenvalue weighted by atomic mass is 9.87. The van der Waals surface area contributed by atoms with E-state index in [0.29, 0.717) is 6.54 Å². The molecule has 3 N–H and O–H groups in total. The van der Waals surface area contributed by atoms with Gasteiger partial charge in [-0.25, -0.2) is 0 Å². The van der Waals surface area contributed by atoms with Crippen LogP contribution in [0.5, 0.6) is 0 Å². The molecule has 1 heterocycles. The molecule has 0 aromatic rings. The van der Waals surface area contributed by atoms with E-state index in [2.05, 4.69) is 10.2 Å². The summed E-state index contributed by atoms with van der Waals surface area (Å²) in [5.74, 6) is 0.0782. The van der Waals surface area contributed by atoms with Crippen molar-refractivity contribution < 1.29 is 9.53 Å². The molecule has 1 unspecified atom stereocenters. The first-order valence-corrected chi connectivity index (χ1v) is 6.91. The Labute approximate surface area is 110 Å². The summed E-state index contributed by atoms with van der Waals surface area (Å²) in [5.41, 5.74) is 5.24. The van der Waals surface area contributed by atoms with Gasteiger partial charge in [-0.1, -0.05) is 6.92 Å². The fourth-order valence-corrected chi connectivity index (χ4v) is 1.94. The smallest absolute Gasteiger partial charge is 0.227 e. The Kier molecular flexibility index (Phi) is 6.60. The van der Waals surface area contributed by atoms with Gasteiger partial charge in [-0.3, -0.25) is 9.69 Å². The highest BCUT2D eigenvalue weighted by Crippen LogP contribution is 2.18. The van der Waals surface area contributed by atoms with E-state index in [1.54, 1.807) is 0 Å². The van der Waals surface area contributed by atoms with Gasteiger partial charge in [0.2, 0.25) is 5.91 Å². The van der Waals surface area contributed by atoms with Gasteiger partial charge >= 0.3 is 0 Å². The highest BCUT2D eigenvalue weighted by atomic mass is 16.5. The molecule has 1 aliphatic rings. The lowest BCUT2D eigenvalue weighted by molar-refractivity contribution is -0.129. The molecule has 106 valence electrons. The lowest BCUT2D eigenvalue weighted by Gasteiger charge is -2.27. The summed E-state index contributed by atoms with van der Waals surface area (Å²) in [7, 11) is 0. The molecular formula is C13H27N3O2. The van der Waals surface area contributed by atoms with Crippen LogP contribution in [0.1, 0.15) is 26.7 Å². The Balaban J connectivity index is 2.15. The third kappa shape index (κ3) is 4.55. The number of rotatable bonds is 7. The largest absolute Gasteiger partial charge is 0.379 e. The number of amides is 1. The van der Waals surface area contributed by atoms with Crippen LogP contribution in [0.4, 0.5) is 0 Å². The summed E-state index contributed by atoms with van der Waals surface area (Å²) in [6.07, 6.45) is 1.76. The van der Waals surface area contributed by atoms with Crippen LogP contribution in [0.2, 0.25) is 0 Å². The second kappa shape index (κ2) is 7.71. The van der Waals surface area contributed by atoms with Crippen LogP contribution in [0, 0.1) is 5.41 Å². The first-order valence-electron chi connectivity index (χ1n) is 6.91. The monoisotopic (exact) mass is 257 g/mol. The predicted octanol–water partition coefficient (Wildman–Crippen LogP) is 0.200. The van der Waals surface area contributed by atoms with Crippen LogP contribution in [-0.2, 0) is 9.53 Å². The van der Waals surface area contributed by atoms with E-state index < -0.39 is 5.41 Å². The molecule has 18 heavy (non-hydrogen) atoms. The highest BCUT2D eigenvalue weighted by molar-refractivity contribution is 5.82. The second-order valence-electron chi connectivity index (χ2n) is 5.18. The second-order valence-corrected chi connectivity index (χ2v) is 5.18. The molecule has 1 rings (SSSR count). The molecule has 0 aromatic carbocycles. The zero-order valence-electron chi connectivity index (χ0n) is 11.7. The minimum absolute atomic E-state index is 0.0782. The molecule has 5 nitrogen and oxygen atoms in total. The third-order valence-electron chi connectivity index (χ3n) is 3.82. The Morgan fingerprint density at radius 1 is 1.44 bits per heavy atom. The van der Waals surface area contributed by atoms with E-state index in [-0.39, 0.29) is 5.91 Å². The maximum Gasteiger partial charge on any atom is 0.227 e. The van der Waals surface area contributed by atoms with Gasteiger partial charge in [0, 0.05) is 26.2 Å². The summed E-state index contributed by atoms with van der Waals surface area (Å²) in [6.45, 7) is 9.73. The van der Waals surface area contributed by atoms with Crippen LogP contribution in [0.15, 0.2) is 0 Å². The molecule has 0 aliphatic carbocycles. The molecule has 0 bridgehead atoms. The van der Waals surface area contributed by atoms with E-state index in [4.69, 9.17) is 10.5 Å². The quantitative estimate of drug-likeness (QED) is 0.639. The fraction of sp³-hybridized carbons (Fsp3) is 0.923. The molecule has 0 aromatic heterocycles. The molecule has 0 spiro atoms. The summed E-state index contributed by atoms with van der Waals surface area (Å²) >= 11 is 0. The molecule has 5 heteroatoms. The van der Waals surface area contributed by atoms with Crippen LogP contribution in [0.25, 0.3) is 0 Å². The number of nitrogens with one attached hydrogen (secondary N) is 1. The minimum atomic E-state index is -0.418. The minimum Gasteiger partial charge on any atom is -0.379 e. The summed E-state index contributed by atoms with van der Waals surface area (Å²) < 4.78 is 5.29. The molecule has 1 saturated heterocycles. The van der Waals surface area contributed by atoms with E-state index >= 15 is 0 Å². The first kappa shape index (κ1) is 15.4. The van der Waals surface area contributed by atoms with E-state index in [1.165, 1.54) is 0 Å². The van der Waals surface area contributed by atoms with Crippen LogP contribution >= 0.6 is 0 Å². The zero-order valence-corrected chi connectivity index (χ0v) is 11.7. The molecular weight excluding hydrogens is 230 g/mol. The van der Waals surface area contributed by atoms with Gasteiger partial charge in [-0.05, 0) is 26.3 Å². The van der Waals surface area contributed by atoms with E-state index in [9.17, 15) is 4.79 Å². The van der Waals surface area contributed by atoms with Crippen molar-refractivity contribution in [2.45, 2.75) is 26.7 Å². The van der Waals surface area contributed by atoms with Gasteiger partial charge in [0.25, 0.3) is 0 Å². The lowest BCUT2D eigenvalue weighted by Crippen LogP contribution is -2.44. The summed E-state index contributed by atoms with van der Waals surface area (Å²) in [4.78, 5) is 14.3. The zero-order chi connectivity index (χ0) is 13.4. The van der Waals surface area contributed by atoms with Gasteiger partial charge < -0.3 is 15.8 Å². The molecule has 1 amide bonds. The number of ether oxygens (including phenoxy) is 1. The third-order valence-corrected chi connectivity index (χ3v) is 3.82. The van der Waals surface area contributed by atoms with Crippen molar-refractivity contribution in [3.05, 3.63) is 0 Å². The van der Waals surface area contributed by atoms with Gasteiger partial charge in [0.05, 0.1) is 18.6 Å². The maximum absolute atomic E-state index is 12.0. The van der Waals surface area contributed by atoms with Crippen molar-refractivity contribution >= 4 is 5.91 Å². The average Bonchev–Trinajstić information content (AvgIpc) is 2.43. The maximum atomic E-state index is 12.0. The summed E-state index contributed by atoms with van der Waals surface area (Å²) in [6, 6.07) is 0. The van der Waals surface area contributed by atoms with E-state index in [0.717, 1.165) is 52.2 Å². The van der Waals surface area contributed by atoms with Crippen molar-refractivity contribution in [3.8, 4) is 0 Å². The number of carbonyl (C=O) groups excluding carboxylic acids is 1. The Bertz CT molecular complexity index is 249. The first-order chi connectivity index (χ1) is 8.62. The molecule has 1 fully saturated rings. The van der Waals surface area contributed by atoms with Crippen molar-refractivity contribution in [1.82, 2.24) is 10.2 Å². The van der Waals surface area contributed by atoms with E-state index in [1.807, 2.05) is 13.8 Å². The Morgan fingerprint density at radius 3 is 2.67 bits per heavy atom. The van der Waals surface area contributed by atoms with Crippen LogP contribution in [0.3, 0.4) is 0 Å². The number of nitrogens with zero attached hydrogens (tertiary/aromatic N) is 1. The molecule has 1 atom stereocenters. The molecule has 0 radical (unpaired) electrons. The highest BCUT2D eigenvalue weighted by Gasteiger charge is 2.28. The Hall–Kier alpha value is -0.650. The number of nitrogens with two attached hydrogens (primary N) is 1. The molecule has 0 saturated carbocycles. The number of carbonyl (C=O) groups is 1. The van der Waals surface area contributed by atoms with Gasteiger partial charge in [0.1, 0.15) is 0 Å². The molecule has 1 aliphatic heterocycles. The number of morpholine rings is 1. The van der Waals surface area contributed by atoms with Crippen molar-refractivity contribution in [2.24, 2.45) is 11.1 Å². The van der Waals surface area contributed by atoms with Gasteiger partial charge in [-0.15, -0.1) is 0 Å². The fourth-order valence-electron chi connectivity index (χ4n) is 1.94. The van der Waals surface area contributed by atoms with Crippen LogP contribution < -0.4 is 11.1 Å². The van der Waals surface area contributed by atoms with Crippen molar-refractivity contribution in [1.29, 1.82) is 0 Å². The van der Waals surface area contributed by atoms with Gasteiger partial charge in [0.15, 0.2) is 0 Å². The van der Waals surface area contributed by atoms with Crippen molar-refractivity contribution in [3.63, 3.8) is 0 Å². The predicted molar refractivity (Wildman–Crippen MR) is 72.3 cm³/mol. The standard InChI is InChI=1S/C13H27N3O2/c1-3-13(2,11-14)12(17)15-5-4-6-16-7-9-18-10-8-16/h3-11,14H2,1-2H3,(H,15,17).